The summed E-state index contributed by atoms with van der Waals surface area (Å²) in [5.74, 6) is 2.53. The van der Waals surface area contributed by atoms with Gasteiger partial charge in [0, 0.05) is 5.54 Å². The molecule has 0 saturated heterocycles. The molecule has 182 valence electrons. The number of nitrogens with zero attached hydrogens (tertiary/aromatic N) is 2. The van der Waals surface area contributed by atoms with Gasteiger partial charge in [-0.05, 0) is 62.3 Å². The Kier molecular flexibility index (Phi) is 5.69. The first-order chi connectivity index (χ1) is 16.6. The topological polar surface area (TPSA) is 59.0 Å². The molecule has 1 aromatic heterocycles. The number of amides is 1. The van der Waals surface area contributed by atoms with E-state index in [1.54, 1.807) is 0 Å². The molecule has 0 radical (unpaired) electrons. The third-order valence-corrected chi connectivity index (χ3v) is 9.59. The van der Waals surface area contributed by atoms with Crippen LogP contribution in [-0.4, -0.2) is 21.2 Å². The zero-order valence-electron chi connectivity index (χ0n) is 20.7. The molecule has 5 nitrogen and oxygen atoms in total. The lowest BCUT2D eigenvalue weighted by Gasteiger charge is -2.49. The predicted molar refractivity (Wildman–Crippen MR) is 136 cm³/mol. The van der Waals surface area contributed by atoms with E-state index in [9.17, 15) is 4.79 Å². The van der Waals surface area contributed by atoms with E-state index in [1.165, 1.54) is 50.5 Å². The number of carbonyl (C=O) groups excluding carboxylic acids is 1. The summed E-state index contributed by atoms with van der Waals surface area (Å²) in [5.41, 5.74) is 2.03. The Labute approximate surface area is 204 Å². The highest BCUT2D eigenvalue weighted by Gasteiger charge is 2.46. The molecule has 1 amide bonds. The minimum atomic E-state index is -0.0240. The zero-order chi connectivity index (χ0) is 23.2. The van der Waals surface area contributed by atoms with Gasteiger partial charge < -0.3 is 10.6 Å². The van der Waals surface area contributed by atoms with Crippen LogP contribution in [0.4, 0.5) is 5.82 Å². The van der Waals surface area contributed by atoms with Gasteiger partial charge in [-0.25, -0.2) is 4.68 Å². The molecule has 5 heteroatoms. The van der Waals surface area contributed by atoms with Gasteiger partial charge in [-0.2, -0.15) is 5.10 Å². The molecule has 4 unspecified atom stereocenters. The molecule has 4 aliphatic rings. The van der Waals surface area contributed by atoms with Crippen LogP contribution in [0.3, 0.4) is 0 Å². The Morgan fingerprint density at radius 1 is 1.09 bits per heavy atom. The van der Waals surface area contributed by atoms with Gasteiger partial charge >= 0.3 is 0 Å². The third-order valence-electron chi connectivity index (χ3n) is 9.59. The SMILES string of the molecule is CCC1CC2CCCC(NC(=O)c3cnn4c3NC(c3ccccc3)CC43CCCCC3)(C1)C2. The smallest absolute Gasteiger partial charge is 0.257 e. The summed E-state index contributed by atoms with van der Waals surface area (Å²) in [7, 11) is 0. The number of benzene rings is 1. The van der Waals surface area contributed by atoms with Crippen molar-refractivity contribution in [3.05, 3.63) is 47.7 Å². The maximum absolute atomic E-state index is 13.8. The van der Waals surface area contributed by atoms with Crippen molar-refractivity contribution in [2.45, 2.75) is 108 Å². The van der Waals surface area contributed by atoms with E-state index in [1.807, 2.05) is 6.20 Å². The number of nitrogens with one attached hydrogen (secondary N) is 2. The second kappa shape index (κ2) is 8.73. The summed E-state index contributed by atoms with van der Waals surface area (Å²) >= 11 is 0. The molecule has 2 bridgehead atoms. The Morgan fingerprint density at radius 2 is 1.91 bits per heavy atom. The highest BCUT2D eigenvalue weighted by atomic mass is 16.1. The van der Waals surface area contributed by atoms with Crippen molar-refractivity contribution >= 4 is 11.7 Å². The number of anilines is 1. The molecule has 6 rings (SSSR count). The molecule has 2 heterocycles. The lowest BCUT2D eigenvalue weighted by Crippen LogP contribution is -2.55. The van der Waals surface area contributed by atoms with Crippen LogP contribution in [0, 0.1) is 11.8 Å². The molecule has 1 spiro atoms. The van der Waals surface area contributed by atoms with E-state index in [2.05, 4.69) is 52.6 Å². The monoisotopic (exact) mass is 460 g/mol. The second-order valence-corrected chi connectivity index (χ2v) is 11.8. The largest absolute Gasteiger partial charge is 0.363 e. The number of carbonyl (C=O) groups is 1. The summed E-state index contributed by atoms with van der Waals surface area (Å²) < 4.78 is 2.21. The average Bonchev–Trinajstić information content (AvgIpc) is 3.30. The molecule has 4 atom stereocenters. The van der Waals surface area contributed by atoms with Crippen LogP contribution in [-0.2, 0) is 5.54 Å². The third kappa shape index (κ3) is 3.85. The molecular formula is C29H40N4O. The van der Waals surface area contributed by atoms with Gasteiger partial charge in [-0.15, -0.1) is 0 Å². The van der Waals surface area contributed by atoms with Gasteiger partial charge in [0.1, 0.15) is 11.4 Å². The van der Waals surface area contributed by atoms with E-state index < -0.39 is 0 Å². The predicted octanol–water partition coefficient (Wildman–Crippen LogP) is 6.58. The molecule has 1 aliphatic heterocycles. The van der Waals surface area contributed by atoms with Crippen LogP contribution in [0.5, 0.6) is 0 Å². The fourth-order valence-electron chi connectivity index (χ4n) is 7.97. The number of aromatic nitrogens is 2. The van der Waals surface area contributed by atoms with E-state index in [-0.39, 0.29) is 23.0 Å². The Balaban J connectivity index is 1.32. The summed E-state index contributed by atoms with van der Waals surface area (Å²) in [6.07, 6.45) is 17.5. The second-order valence-electron chi connectivity index (χ2n) is 11.8. The van der Waals surface area contributed by atoms with E-state index in [0.29, 0.717) is 0 Å². The molecule has 34 heavy (non-hydrogen) atoms. The van der Waals surface area contributed by atoms with E-state index in [0.717, 1.165) is 61.7 Å². The Bertz CT molecular complexity index is 1020. The molecule has 3 aliphatic carbocycles. The minimum Gasteiger partial charge on any atom is -0.363 e. The lowest BCUT2D eigenvalue weighted by molar-refractivity contribution is 0.0599. The molecule has 2 aromatic rings. The Morgan fingerprint density at radius 3 is 2.71 bits per heavy atom. The molecule has 1 aromatic carbocycles. The number of hydrogen-bond acceptors (Lipinski definition) is 3. The Hall–Kier alpha value is -2.30. The number of hydrogen-bond donors (Lipinski definition) is 2. The average molecular weight is 461 g/mol. The van der Waals surface area contributed by atoms with Crippen LogP contribution in [0.25, 0.3) is 0 Å². The quantitative estimate of drug-likeness (QED) is 0.542. The van der Waals surface area contributed by atoms with Gasteiger partial charge in [-0.1, -0.05) is 75.8 Å². The van der Waals surface area contributed by atoms with Crippen LogP contribution in [0.2, 0.25) is 0 Å². The van der Waals surface area contributed by atoms with Crippen LogP contribution < -0.4 is 10.6 Å². The molecular weight excluding hydrogens is 420 g/mol. The normalized spacial score (nSPS) is 32.0. The fourth-order valence-corrected chi connectivity index (χ4v) is 7.97. The molecule has 2 N–H and O–H groups in total. The highest BCUT2D eigenvalue weighted by Crippen LogP contribution is 2.49. The maximum Gasteiger partial charge on any atom is 0.257 e. The standard InChI is InChI=1S/C29H40N4O/c1-2-21-16-22-10-9-13-28(17-21,18-22)32-27(34)24-20-30-33-26(24)31-25(23-11-5-3-6-12-23)19-29(33)14-7-4-8-15-29/h3,5-6,11-12,20-22,25,31H,2,4,7-10,13-19H2,1H3,(H,32,34). The van der Waals surface area contributed by atoms with Crippen molar-refractivity contribution in [2.24, 2.45) is 11.8 Å². The van der Waals surface area contributed by atoms with E-state index in [4.69, 9.17) is 5.10 Å². The summed E-state index contributed by atoms with van der Waals surface area (Å²) in [6, 6.07) is 11.0. The van der Waals surface area contributed by atoms with Crippen molar-refractivity contribution < 1.29 is 4.79 Å². The van der Waals surface area contributed by atoms with Crippen molar-refractivity contribution in [1.82, 2.24) is 15.1 Å². The summed E-state index contributed by atoms with van der Waals surface area (Å²) in [6.45, 7) is 2.31. The summed E-state index contributed by atoms with van der Waals surface area (Å²) in [5, 5.41) is 12.2. The van der Waals surface area contributed by atoms with Crippen molar-refractivity contribution in [3.63, 3.8) is 0 Å². The first-order valence-corrected chi connectivity index (χ1v) is 13.8. The first-order valence-electron chi connectivity index (χ1n) is 13.8. The van der Waals surface area contributed by atoms with Gasteiger partial charge in [0.2, 0.25) is 0 Å². The summed E-state index contributed by atoms with van der Waals surface area (Å²) in [4.78, 5) is 13.8. The molecule has 3 fully saturated rings. The lowest BCUT2D eigenvalue weighted by atomic mass is 9.63. The van der Waals surface area contributed by atoms with Gasteiger partial charge in [-0.3, -0.25) is 4.79 Å². The van der Waals surface area contributed by atoms with Crippen LogP contribution in [0.15, 0.2) is 36.5 Å². The van der Waals surface area contributed by atoms with Gasteiger partial charge in [0.05, 0.1) is 17.8 Å². The number of fused-ring (bicyclic) bond motifs is 4. The van der Waals surface area contributed by atoms with Gasteiger partial charge in [0.15, 0.2) is 0 Å². The fraction of sp³-hybridized carbons (Fsp3) is 0.655. The van der Waals surface area contributed by atoms with Crippen molar-refractivity contribution in [2.75, 3.05) is 5.32 Å². The maximum atomic E-state index is 13.8. The highest BCUT2D eigenvalue weighted by molar-refractivity contribution is 5.99. The number of rotatable bonds is 4. The first kappa shape index (κ1) is 22.2. The van der Waals surface area contributed by atoms with Gasteiger partial charge in [0.25, 0.3) is 5.91 Å². The van der Waals surface area contributed by atoms with E-state index >= 15 is 0 Å². The molecule has 3 saturated carbocycles. The van der Waals surface area contributed by atoms with Crippen molar-refractivity contribution in [3.8, 4) is 0 Å². The van der Waals surface area contributed by atoms with Crippen LogP contribution >= 0.6 is 0 Å². The minimum absolute atomic E-state index is 0.0181. The van der Waals surface area contributed by atoms with Crippen LogP contribution in [0.1, 0.15) is 112 Å². The zero-order valence-corrected chi connectivity index (χ0v) is 20.7. The van der Waals surface area contributed by atoms with Crippen molar-refractivity contribution in [1.29, 1.82) is 0 Å².